The monoisotopic (exact) mass is 459 g/mol. The summed E-state index contributed by atoms with van der Waals surface area (Å²) in [4.78, 5) is 17.3. The van der Waals surface area contributed by atoms with Crippen LogP contribution in [0.5, 0.6) is 0 Å². The Morgan fingerprint density at radius 2 is 1.89 bits per heavy atom. The highest BCUT2D eigenvalue weighted by Gasteiger charge is 2.37. The molecule has 2 aromatic carbocycles. The zero-order valence-corrected chi connectivity index (χ0v) is 17.7. The molecule has 4 nitrogen and oxygen atoms in total. The van der Waals surface area contributed by atoms with E-state index in [0.717, 1.165) is 0 Å². The van der Waals surface area contributed by atoms with Gasteiger partial charge in [-0.1, -0.05) is 58.5 Å². The van der Waals surface area contributed by atoms with Crippen LogP contribution in [-0.2, 0) is 4.79 Å². The molecule has 0 aromatic heterocycles. The van der Waals surface area contributed by atoms with E-state index in [1.165, 1.54) is 0 Å². The van der Waals surface area contributed by atoms with Gasteiger partial charge in [-0.05, 0) is 49.0 Å². The van der Waals surface area contributed by atoms with E-state index in [0.29, 0.717) is 32.0 Å². The quantitative estimate of drug-likeness (QED) is 0.556. The lowest BCUT2D eigenvalue weighted by atomic mass is 9.87. The van der Waals surface area contributed by atoms with E-state index >= 15 is 0 Å². The summed E-state index contributed by atoms with van der Waals surface area (Å²) in [7, 11) is 0. The number of carbonyl (C=O) groups excluding carboxylic acids is 1. The molecule has 0 bridgehead atoms. The van der Waals surface area contributed by atoms with Crippen LogP contribution >= 0.6 is 58.6 Å². The molecule has 3 rings (SSSR count). The van der Waals surface area contributed by atoms with Gasteiger partial charge in [0.1, 0.15) is 5.92 Å². The van der Waals surface area contributed by atoms with Crippen LogP contribution in [0.2, 0.25) is 20.1 Å². The van der Waals surface area contributed by atoms with E-state index in [-0.39, 0.29) is 16.0 Å². The standard InChI is InChI=1S/C18H13Cl4N3OS/c1-8-14(17(26)24-13-4-2-3-11(20)15(13)22)16(25-18(27)23-8)10-6-5-9(19)7-12(10)21/h2-7,14,16H,1H3,(H,24,26)(H,25,27). The second kappa shape index (κ2) is 8.33. The Morgan fingerprint density at radius 1 is 1.15 bits per heavy atom. The number of benzene rings is 2. The smallest absolute Gasteiger partial charge is 0.235 e. The maximum atomic E-state index is 13.1. The summed E-state index contributed by atoms with van der Waals surface area (Å²) in [6.45, 7) is 1.74. The number of halogens is 4. The van der Waals surface area contributed by atoms with Gasteiger partial charge < -0.3 is 10.6 Å². The number of hydrogen-bond acceptors (Lipinski definition) is 2. The lowest BCUT2D eigenvalue weighted by molar-refractivity contribution is -0.118. The van der Waals surface area contributed by atoms with Gasteiger partial charge in [0.05, 0.1) is 21.8 Å². The Bertz CT molecular complexity index is 964. The van der Waals surface area contributed by atoms with Crippen LogP contribution in [0.25, 0.3) is 0 Å². The average molecular weight is 461 g/mol. The summed E-state index contributed by atoms with van der Waals surface area (Å²) in [5.74, 6) is -0.975. The number of anilines is 1. The second-order valence-corrected chi connectivity index (χ2v) is 7.93. The zero-order valence-electron chi connectivity index (χ0n) is 13.9. The number of thiocarbonyl (C=S) groups is 1. The molecule has 27 heavy (non-hydrogen) atoms. The highest BCUT2D eigenvalue weighted by molar-refractivity contribution is 7.80. The van der Waals surface area contributed by atoms with Gasteiger partial charge >= 0.3 is 0 Å². The van der Waals surface area contributed by atoms with Crippen molar-refractivity contribution in [3.05, 3.63) is 62.1 Å². The second-order valence-electron chi connectivity index (χ2n) is 5.91. The molecule has 0 aliphatic carbocycles. The van der Waals surface area contributed by atoms with Crippen LogP contribution in [0.4, 0.5) is 5.69 Å². The number of nitrogens with one attached hydrogen (secondary N) is 2. The fourth-order valence-electron chi connectivity index (χ4n) is 2.88. The third kappa shape index (κ3) is 4.39. The molecular formula is C18H13Cl4N3OS. The summed E-state index contributed by atoms with van der Waals surface area (Å²) in [6, 6.07) is 9.60. The van der Waals surface area contributed by atoms with E-state index < -0.39 is 12.0 Å². The van der Waals surface area contributed by atoms with Crippen molar-refractivity contribution in [1.82, 2.24) is 5.32 Å². The molecule has 1 heterocycles. The Balaban J connectivity index is 1.98. The number of hydrogen-bond donors (Lipinski definition) is 2. The number of carbonyl (C=O) groups is 1. The Labute approximate surface area is 181 Å². The van der Waals surface area contributed by atoms with E-state index in [1.54, 1.807) is 43.3 Å². The lowest BCUT2D eigenvalue weighted by Crippen LogP contribution is -2.45. The first kappa shape index (κ1) is 20.4. The molecule has 140 valence electrons. The van der Waals surface area contributed by atoms with Crippen molar-refractivity contribution in [1.29, 1.82) is 0 Å². The van der Waals surface area contributed by atoms with Crippen LogP contribution in [0.1, 0.15) is 18.5 Å². The van der Waals surface area contributed by atoms with E-state index in [1.807, 2.05) is 0 Å². The highest BCUT2D eigenvalue weighted by Crippen LogP contribution is 2.35. The average Bonchev–Trinajstić information content (AvgIpc) is 2.58. The molecule has 2 aromatic rings. The molecule has 0 saturated carbocycles. The number of amides is 1. The van der Waals surface area contributed by atoms with Crippen molar-refractivity contribution in [2.24, 2.45) is 10.9 Å². The van der Waals surface area contributed by atoms with Crippen LogP contribution in [-0.4, -0.2) is 16.7 Å². The summed E-state index contributed by atoms with van der Waals surface area (Å²) >= 11 is 29.8. The molecule has 2 atom stereocenters. The fourth-order valence-corrected chi connectivity index (χ4v) is 4.03. The van der Waals surface area contributed by atoms with Crippen molar-refractivity contribution >= 4 is 81.0 Å². The van der Waals surface area contributed by atoms with E-state index in [2.05, 4.69) is 15.6 Å². The number of aliphatic imine (C=N–C) groups is 1. The van der Waals surface area contributed by atoms with Gasteiger partial charge in [-0.25, -0.2) is 4.99 Å². The van der Waals surface area contributed by atoms with Crippen LogP contribution in [0.15, 0.2) is 41.4 Å². The summed E-state index contributed by atoms with van der Waals surface area (Å²) in [5.41, 5.74) is 1.66. The lowest BCUT2D eigenvalue weighted by Gasteiger charge is -2.32. The Morgan fingerprint density at radius 3 is 2.59 bits per heavy atom. The van der Waals surface area contributed by atoms with Crippen molar-refractivity contribution < 1.29 is 4.79 Å². The molecular weight excluding hydrogens is 448 g/mol. The van der Waals surface area contributed by atoms with Gasteiger partial charge in [-0.2, -0.15) is 0 Å². The maximum absolute atomic E-state index is 13.1. The number of rotatable bonds is 3. The molecule has 9 heteroatoms. The Hall–Kier alpha value is -1.37. The summed E-state index contributed by atoms with van der Waals surface area (Å²) in [5, 5.41) is 7.70. The SMILES string of the molecule is CC1=NC(=S)NC(c2ccc(Cl)cc2Cl)C1C(=O)Nc1cccc(Cl)c1Cl. The highest BCUT2D eigenvalue weighted by atomic mass is 35.5. The van der Waals surface area contributed by atoms with Crippen LogP contribution in [0, 0.1) is 5.92 Å². The minimum atomic E-state index is -0.662. The molecule has 0 radical (unpaired) electrons. The normalized spacial score (nSPS) is 19.3. The molecule has 0 spiro atoms. The first-order chi connectivity index (χ1) is 12.8. The van der Waals surface area contributed by atoms with Gasteiger partial charge in [-0.3, -0.25) is 4.79 Å². The van der Waals surface area contributed by atoms with Crippen molar-refractivity contribution in [3.63, 3.8) is 0 Å². The van der Waals surface area contributed by atoms with Gasteiger partial charge in [-0.15, -0.1) is 0 Å². The van der Waals surface area contributed by atoms with Gasteiger partial charge in [0, 0.05) is 15.8 Å². The summed E-state index contributed by atoms with van der Waals surface area (Å²) in [6.07, 6.45) is 0. The van der Waals surface area contributed by atoms with Crippen LogP contribution in [0.3, 0.4) is 0 Å². The molecule has 1 aliphatic rings. The first-order valence-electron chi connectivity index (χ1n) is 7.83. The number of nitrogens with zero attached hydrogens (tertiary/aromatic N) is 1. The predicted molar refractivity (Wildman–Crippen MR) is 117 cm³/mol. The topological polar surface area (TPSA) is 53.5 Å². The third-order valence-electron chi connectivity index (χ3n) is 4.13. The van der Waals surface area contributed by atoms with E-state index in [4.69, 9.17) is 58.6 Å². The van der Waals surface area contributed by atoms with Crippen molar-refractivity contribution in [3.8, 4) is 0 Å². The molecule has 1 amide bonds. The maximum Gasteiger partial charge on any atom is 0.235 e. The molecule has 0 fully saturated rings. The minimum Gasteiger partial charge on any atom is -0.353 e. The van der Waals surface area contributed by atoms with Gasteiger partial charge in [0.15, 0.2) is 5.11 Å². The van der Waals surface area contributed by atoms with Crippen molar-refractivity contribution in [2.75, 3.05) is 5.32 Å². The van der Waals surface area contributed by atoms with Gasteiger partial charge in [0.2, 0.25) is 5.91 Å². The summed E-state index contributed by atoms with van der Waals surface area (Å²) < 4.78 is 0. The molecule has 2 N–H and O–H groups in total. The molecule has 0 saturated heterocycles. The fraction of sp³-hybridized carbons (Fsp3) is 0.167. The predicted octanol–water partition coefficient (Wildman–Crippen LogP) is 5.95. The Kier molecular flexibility index (Phi) is 6.28. The van der Waals surface area contributed by atoms with Gasteiger partial charge in [0.25, 0.3) is 0 Å². The molecule has 2 unspecified atom stereocenters. The largest absolute Gasteiger partial charge is 0.353 e. The zero-order chi connectivity index (χ0) is 19.7. The first-order valence-corrected chi connectivity index (χ1v) is 9.75. The van der Waals surface area contributed by atoms with Crippen molar-refractivity contribution in [2.45, 2.75) is 13.0 Å². The molecule has 1 aliphatic heterocycles. The van der Waals surface area contributed by atoms with E-state index in [9.17, 15) is 4.79 Å². The minimum absolute atomic E-state index is 0.266. The third-order valence-corrected chi connectivity index (χ3v) is 5.72. The van der Waals surface area contributed by atoms with Crippen LogP contribution < -0.4 is 10.6 Å².